The van der Waals surface area contributed by atoms with Gasteiger partial charge in [0.2, 0.25) is 6.33 Å². The van der Waals surface area contributed by atoms with Gasteiger partial charge < -0.3 is 0 Å². The maximum Gasteiger partial charge on any atom is 0.244 e. The summed E-state index contributed by atoms with van der Waals surface area (Å²) in [6.45, 7) is 16.9. The van der Waals surface area contributed by atoms with Crippen molar-refractivity contribution in [3.8, 4) is 0 Å². The molecule has 0 aliphatic rings. The summed E-state index contributed by atoms with van der Waals surface area (Å²) in [6, 6.07) is 12.1. The third-order valence-electron chi connectivity index (χ3n) is 5.39. The number of aromatic nitrogens is 2. The van der Waals surface area contributed by atoms with Crippen LogP contribution in [-0.4, -0.2) is 20.7 Å². The summed E-state index contributed by atoms with van der Waals surface area (Å²) in [5, 5.41) is 0. The van der Waals surface area contributed by atoms with E-state index < -0.39 is 16.1 Å². The van der Waals surface area contributed by atoms with Crippen LogP contribution in [0.4, 0.5) is 0 Å². The number of hydrogen-bond donors (Lipinski definition) is 0. The van der Waals surface area contributed by atoms with Crippen LogP contribution in [0.5, 0.6) is 0 Å². The summed E-state index contributed by atoms with van der Waals surface area (Å²) >= 11 is 0. The first kappa shape index (κ1) is 23.1. The Bertz CT molecular complexity index is 691. The van der Waals surface area contributed by atoms with Gasteiger partial charge in [-0.25, -0.2) is 9.13 Å². The second kappa shape index (κ2) is 10.6. The van der Waals surface area contributed by atoms with Crippen molar-refractivity contribution >= 4 is 16.1 Å². The van der Waals surface area contributed by atoms with Crippen molar-refractivity contribution in [2.75, 3.05) is 0 Å². The average Bonchev–Trinajstić information content (AvgIpc) is 3.03. The SMILES string of the molecule is C[Si](C)(C)CCCCCCn1cc[n+](Cc2ccc(CC[Si](C)(C)C)cc2)c1. The highest BCUT2D eigenvalue weighted by atomic mass is 28.3. The van der Waals surface area contributed by atoms with Crippen molar-refractivity contribution in [3.63, 3.8) is 0 Å². The molecular weight excluding hydrogens is 372 g/mol. The average molecular weight is 416 g/mol. The zero-order valence-corrected chi connectivity index (χ0v) is 21.3. The number of benzene rings is 1. The predicted octanol–water partition coefficient (Wildman–Crippen LogP) is 6.60. The number of unbranched alkanes of at least 4 members (excludes halogenated alkanes) is 3. The highest BCUT2D eigenvalue weighted by molar-refractivity contribution is 6.76. The van der Waals surface area contributed by atoms with Crippen molar-refractivity contribution < 1.29 is 4.57 Å². The zero-order valence-electron chi connectivity index (χ0n) is 19.3. The monoisotopic (exact) mass is 415 g/mol. The maximum absolute atomic E-state index is 2.48. The summed E-state index contributed by atoms with van der Waals surface area (Å²) < 4.78 is 4.66. The number of rotatable bonds is 12. The Labute approximate surface area is 176 Å². The quantitative estimate of drug-likeness (QED) is 0.210. The van der Waals surface area contributed by atoms with Crippen LogP contribution in [0, 0.1) is 0 Å². The van der Waals surface area contributed by atoms with E-state index in [1.54, 1.807) is 0 Å². The van der Waals surface area contributed by atoms with Gasteiger partial charge in [-0.15, -0.1) is 0 Å². The van der Waals surface area contributed by atoms with Crippen LogP contribution in [0.2, 0.25) is 51.4 Å². The fourth-order valence-electron chi connectivity index (χ4n) is 3.51. The maximum atomic E-state index is 2.48. The zero-order chi connectivity index (χ0) is 20.6. The van der Waals surface area contributed by atoms with E-state index in [0.29, 0.717) is 0 Å². The standard InChI is InChI=1S/C24H43N2Si2/c1-27(2,3)19-10-8-7-9-16-25-17-18-26(22-25)21-24-13-11-23(12-14-24)15-20-28(4,5)6/h11-14,17-18,22H,7-10,15-16,19-21H2,1-6H3/q+1. The van der Waals surface area contributed by atoms with E-state index in [-0.39, 0.29) is 0 Å². The van der Waals surface area contributed by atoms with Crippen molar-refractivity contribution in [2.45, 2.75) is 96.6 Å². The van der Waals surface area contributed by atoms with Gasteiger partial charge in [-0.05, 0) is 30.4 Å². The molecule has 2 nitrogen and oxygen atoms in total. The number of aryl methyl sites for hydroxylation is 2. The topological polar surface area (TPSA) is 8.81 Å². The molecule has 0 saturated carbocycles. The minimum absolute atomic E-state index is 0.839. The Morgan fingerprint density at radius 1 is 0.750 bits per heavy atom. The van der Waals surface area contributed by atoms with Crippen LogP contribution >= 0.6 is 0 Å². The summed E-state index contributed by atoms with van der Waals surface area (Å²) in [5.74, 6) is 0. The highest BCUT2D eigenvalue weighted by Gasteiger charge is 2.13. The number of hydrogen-bond acceptors (Lipinski definition) is 0. The highest BCUT2D eigenvalue weighted by Crippen LogP contribution is 2.15. The van der Waals surface area contributed by atoms with Gasteiger partial charge in [-0.1, -0.05) is 88.5 Å². The molecule has 0 radical (unpaired) electrons. The lowest BCUT2D eigenvalue weighted by atomic mass is 10.1. The first-order valence-electron chi connectivity index (χ1n) is 11.2. The molecular formula is C24H43N2Si2+. The van der Waals surface area contributed by atoms with Gasteiger partial charge >= 0.3 is 0 Å². The predicted molar refractivity (Wildman–Crippen MR) is 129 cm³/mol. The molecule has 4 heteroatoms. The van der Waals surface area contributed by atoms with Crippen LogP contribution in [0.15, 0.2) is 43.0 Å². The molecule has 156 valence electrons. The molecule has 28 heavy (non-hydrogen) atoms. The van der Waals surface area contributed by atoms with E-state index in [9.17, 15) is 0 Å². The van der Waals surface area contributed by atoms with E-state index >= 15 is 0 Å². The third kappa shape index (κ3) is 9.88. The van der Waals surface area contributed by atoms with Crippen molar-refractivity contribution in [1.82, 2.24) is 4.57 Å². The van der Waals surface area contributed by atoms with Crippen molar-refractivity contribution in [2.24, 2.45) is 0 Å². The Morgan fingerprint density at radius 3 is 2.00 bits per heavy atom. The van der Waals surface area contributed by atoms with E-state index in [2.05, 4.69) is 91.4 Å². The fraction of sp³-hybridized carbons (Fsp3) is 0.625. The molecule has 0 aliphatic heterocycles. The molecule has 0 spiro atoms. The molecule has 0 saturated heterocycles. The van der Waals surface area contributed by atoms with E-state index in [1.807, 2.05) is 0 Å². The Balaban J connectivity index is 1.70. The second-order valence-electron chi connectivity index (χ2n) is 10.9. The lowest BCUT2D eigenvalue weighted by molar-refractivity contribution is -0.687. The largest absolute Gasteiger partial charge is 0.244 e. The lowest BCUT2D eigenvalue weighted by Crippen LogP contribution is -2.31. The molecule has 0 unspecified atom stereocenters. The van der Waals surface area contributed by atoms with Gasteiger partial charge in [0.05, 0.1) is 6.54 Å². The minimum atomic E-state index is -0.944. The first-order valence-corrected chi connectivity index (χ1v) is 18.6. The molecule has 0 bridgehead atoms. The van der Waals surface area contributed by atoms with Gasteiger partial charge in [-0.2, -0.15) is 0 Å². The second-order valence-corrected chi connectivity index (χ2v) is 22.2. The van der Waals surface area contributed by atoms with Gasteiger partial charge in [0.1, 0.15) is 18.9 Å². The van der Waals surface area contributed by atoms with Crippen LogP contribution in [0.25, 0.3) is 0 Å². The molecule has 0 amide bonds. The molecule has 2 aromatic rings. The molecule has 1 heterocycles. The third-order valence-corrected chi connectivity index (χ3v) is 8.99. The molecule has 1 aromatic heterocycles. The summed E-state index contributed by atoms with van der Waals surface area (Å²) in [5.41, 5.74) is 2.88. The molecule has 0 fully saturated rings. The normalized spacial score (nSPS) is 12.5. The van der Waals surface area contributed by atoms with E-state index in [0.717, 1.165) is 13.1 Å². The van der Waals surface area contributed by atoms with Gasteiger partial charge in [0, 0.05) is 16.1 Å². The summed E-state index contributed by atoms with van der Waals surface area (Å²) in [4.78, 5) is 0. The van der Waals surface area contributed by atoms with Crippen molar-refractivity contribution in [1.29, 1.82) is 0 Å². The Kier molecular flexibility index (Phi) is 8.75. The fourth-order valence-corrected chi connectivity index (χ4v) is 5.86. The van der Waals surface area contributed by atoms with Gasteiger partial charge in [0.15, 0.2) is 0 Å². The smallest absolute Gasteiger partial charge is 0.237 e. The number of nitrogens with zero attached hydrogens (tertiary/aromatic N) is 2. The first-order chi connectivity index (χ1) is 13.1. The Hall–Kier alpha value is -1.14. The van der Waals surface area contributed by atoms with Crippen LogP contribution in [0.3, 0.4) is 0 Å². The van der Waals surface area contributed by atoms with Crippen LogP contribution in [0.1, 0.15) is 36.8 Å². The van der Waals surface area contributed by atoms with Gasteiger partial charge in [-0.3, -0.25) is 0 Å². The Morgan fingerprint density at radius 2 is 1.36 bits per heavy atom. The molecule has 1 aromatic carbocycles. The molecule has 0 N–H and O–H groups in total. The van der Waals surface area contributed by atoms with E-state index in [4.69, 9.17) is 0 Å². The summed E-state index contributed by atoms with van der Waals surface area (Å²) in [7, 11) is -1.78. The molecule has 2 rings (SSSR count). The summed E-state index contributed by atoms with van der Waals surface area (Å²) in [6.07, 6.45) is 13.4. The molecule has 0 atom stereocenters. The lowest BCUT2D eigenvalue weighted by Gasteiger charge is -2.15. The molecule has 0 aliphatic carbocycles. The van der Waals surface area contributed by atoms with Crippen molar-refractivity contribution in [3.05, 3.63) is 54.1 Å². The minimum Gasteiger partial charge on any atom is -0.237 e. The van der Waals surface area contributed by atoms with E-state index in [1.165, 1.54) is 55.3 Å². The van der Waals surface area contributed by atoms with Crippen LogP contribution in [-0.2, 0) is 19.5 Å². The number of imidazole rings is 1. The van der Waals surface area contributed by atoms with Gasteiger partial charge in [0.25, 0.3) is 0 Å². The van der Waals surface area contributed by atoms with Crippen LogP contribution < -0.4 is 4.57 Å².